The average Bonchev–Trinajstić information content (AvgIpc) is 3.91. The molecule has 0 bridgehead atoms. The molecule has 17 heteroatoms. The van der Waals surface area contributed by atoms with Gasteiger partial charge in [-0.2, -0.15) is 28.4 Å². The van der Waals surface area contributed by atoms with Crippen molar-refractivity contribution in [3.05, 3.63) is 53.4 Å². The molecule has 0 saturated carbocycles. The third kappa shape index (κ3) is 7.37. The molecule has 5 heterocycles. The van der Waals surface area contributed by atoms with Gasteiger partial charge in [-0.15, -0.1) is 11.3 Å². The van der Waals surface area contributed by atoms with E-state index in [4.69, 9.17) is 10.5 Å². The van der Waals surface area contributed by atoms with Crippen molar-refractivity contribution < 1.29 is 40.3 Å². The van der Waals surface area contributed by atoms with Crippen molar-refractivity contribution in [1.82, 2.24) is 19.8 Å². The highest BCUT2D eigenvalue weighted by Crippen LogP contribution is 2.48. The number of hydrogen-bond donors (Lipinski definition) is 1. The molecule has 1 amide bonds. The Morgan fingerprint density at radius 3 is 2.50 bits per heavy atom. The number of anilines is 2. The molecule has 0 radical (unpaired) electrons. The first-order valence-corrected chi connectivity index (χ1v) is 18.2. The molecule has 3 aliphatic heterocycles. The minimum atomic E-state index is -5.12. The lowest BCUT2D eigenvalue weighted by molar-refractivity contribution is -0.137. The van der Waals surface area contributed by atoms with Crippen LogP contribution in [0, 0.1) is 23.0 Å². The number of likely N-dealkylation sites (N-methyl/N-ethyl adjacent to an activating group) is 1. The van der Waals surface area contributed by atoms with Crippen molar-refractivity contribution in [2.45, 2.75) is 76.9 Å². The molecule has 9 nitrogen and oxygen atoms in total. The first kappa shape index (κ1) is 40.5. The fraction of sp³-hybridized carbons (Fsp3) is 0.459. The molecule has 0 spiro atoms. The van der Waals surface area contributed by atoms with Gasteiger partial charge in [-0.1, -0.05) is 26.5 Å². The Morgan fingerprint density at radius 1 is 1.19 bits per heavy atom. The third-order valence-electron chi connectivity index (χ3n) is 10.1. The van der Waals surface area contributed by atoms with Gasteiger partial charge >= 0.3 is 12.2 Å². The van der Waals surface area contributed by atoms with Crippen LogP contribution in [0.4, 0.5) is 41.6 Å². The smallest absolute Gasteiger partial charge is 0.417 e. The summed E-state index contributed by atoms with van der Waals surface area (Å²) in [5.41, 5.74) is 2.26. The number of nitrogens with two attached hydrogens (primary N) is 1. The number of halogens is 7. The SMILES string of the molecule is C=C(F)C(=O)N1CCC(N(C)c2nc(OC)nc3c(F)c(-c4ccc(F)c5sc(N)c(C#N)c45)c(C(F)(F)F)cc23)C1C.CC.FC1CC2CCCN2C1. The van der Waals surface area contributed by atoms with Gasteiger partial charge in [0.25, 0.3) is 5.91 Å². The van der Waals surface area contributed by atoms with Crippen LogP contribution >= 0.6 is 11.3 Å². The number of carbonyl (C=O) groups is 1. The van der Waals surface area contributed by atoms with Crippen LogP contribution < -0.4 is 15.4 Å². The number of fused-ring (bicyclic) bond motifs is 3. The van der Waals surface area contributed by atoms with Gasteiger partial charge in [0.1, 0.15) is 34.4 Å². The van der Waals surface area contributed by atoms with E-state index in [0.29, 0.717) is 36.4 Å². The van der Waals surface area contributed by atoms with E-state index in [9.17, 15) is 36.4 Å². The van der Waals surface area contributed by atoms with Gasteiger partial charge in [-0.25, -0.2) is 17.6 Å². The Kier molecular flexibility index (Phi) is 12.0. The van der Waals surface area contributed by atoms with Crippen LogP contribution in [0.1, 0.15) is 57.6 Å². The first-order chi connectivity index (χ1) is 25.6. The summed E-state index contributed by atoms with van der Waals surface area (Å²) in [6, 6.07) is 3.35. The maximum atomic E-state index is 16.5. The molecular weight excluding hydrogens is 740 g/mol. The molecule has 4 atom stereocenters. The van der Waals surface area contributed by atoms with E-state index >= 15 is 4.39 Å². The molecule has 3 fully saturated rings. The molecule has 7 rings (SSSR count). The number of alkyl halides is 4. The lowest BCUT2D eigenvalue weighted by Crippen LogP contribution is -2.44. The Balaban J connectivity index is 0.000000436. The predicted octanol–water partition coefficient (Wildman–Crippen LogP) is 8.40. The summed E-state index contributed by atoms with van der Waals surface area (Å²) in [6.45, 7) is 10.7. The molecule has 3 saturated heterocycles. The monoisotopic (exact) mass is 779 g/mol. The van der Waals surface area contributed by atoms with Gasteiger partial charge in [0.2, 0.25) is 0 Å². The summed E-state index contributed by atoms with van der Waals surface area (Å²) in [7, 11) is 2.69. The normalized spacial score (nSPS) is 20.9. The number of amides is 1. The van der Waals surface area contributed by atoms with E-state index in [1.807, 2.05) is 13.8 Å². The van der Waals surface area contributed by atoms with E-state index in [0.717, 1.165) is 25.1 Å². The van der Waals surface area contributed by atoms with E-state index in [1.54, 1.807) is 13.0 Å². The number of hydrogen-bond acceptors (Lipinski definition) is 9. The molecular formula is C37H40F7N7O2S. The molecule has 3 aliphatic rings. The zero-order valence-electron chi connectivity index (χ0n) is 30.3. The number of likely N-dealkylation sites (tertiary alicyclic amines) is 1. The number of methoxy groups -OCH3 is 1. The standard InChI is InChI=1S/C28H22F6N6O2S.C7H12FN.C2H6/c1-11(29)26(41)40-8-7-18(12(40)2)39(3)25-14-9-16(28(32,33)34)20(21(31)22(14)37-27(38-25)42-4)13-5-6-17(30)23-19(13)15(10-35)24(36)43-23;8-6-4-7-2-1-3-9(7)5-6;1-2/h5-6,9,12,18H,1,7-8,36H2,2-4H3;6-7H,1-5H2;1-2H3. The summed E-state index contributed by atoms with van der Waals surface area (Å²) < 4.78 is 106. The quantitative estimate of drug-likeness (QED) is 0.159. The van der Waals surface area contributed by atoms with Crippen molar-refractivity contribution in [2.75, 3.05) is 44.4 Å². The minimum Gasteiger partial charge on any atom is -0.467 e. The minimum absolute atomic E-state index is 0.134. The highest BCUT2D eigenvalue weighted by atomic mass is 32.1. The average molecular weight is 780 g/mol. The van der Waals surface area contributed by atoms with E-state index < -0.39 is 70.0 Å². The molecule has 54 heavy (non-hydrogen) atoms. The van der Waals surface area contributed by atoms with Crippen LogP contribution in [0.25, 0.3) is 32.1 Å². The summed E-state index contributed by atoms with van der Waals surface area (Å²) >= 11 is 0.660. The Hall–Kier alpha value is -4.69. The summed E-state index contributed by atoms with van der Waals surface area (Å²) in [6.07, 6.45) is -2.02. The predicted molar refractivity (Wildman–Crippen MR) is 195 cm³/mol. The second kappa shape index (κ2) is 16.0. The van der Waals surface area contributed by atoms with Crippen molar-refractivity contribution in [3.8, 4) is 23.2 Å². The number of thiophene rings is 1. The van der Waals surface area contributed by atoms with Crippen LogP contribution in [0.2, 0.25) is 0 Å². The lowest BCUT2D eigenvalue weighted by Gasteiger charge is -2.32. The van der Waals surface area contributed by atoms with Crippen LogP contribution in [-0.2, 0) is 11.0 Å². The molecule has 0 aliphatic carbocycles. The molecule has 2 aromatic carbocycles. The molecule has 2 N–H and O–H groups in total. The Morgan fingerprint density at radius 2 is 1.89 bits per heavy atom. The van der Waals surface area contributed by atoms with E-state index in [1.165, 1.54) is 36.8 Å². The fourth-order valence-electron chi connectivity index (χ4n) is 7.61. The zero-order valence-corrected chi connectivity index (χ0v) is 31.1. The highest BCUT2D eigenvalue weighted by Gasteiger charge is 2.41. The number of nitrogens with zero attached hydrogens (tertiary/aromatic N) is 6. The largest absolute Gasteiger partial charge is 0.467 e. The highest BCUT2D eigenvalue weighted by molar-refractivity contribution is 7.23. The number of carbonyl (C=O) groups excluding carboxylic acids is 1. The maximum absolute atomic E-state index is 16.5. The van der Waals surface area contributed by atoms with E-state index in [2.05, 4.69) is 21.4 Å². The summed E-state index contributed by atoms with van der Waals surface area (Å²) in [5.74, 6) is -4.46. The van der Waals surface area contributed by atoms with Crippen molar-refractivity contribution >= 4 is 49.1 Å². The number of aromatic nitrogens is 2. The molecule has 4 aromatic rings. The van der Waals surface area contributed by atoms with Crippen molar-refractivity contribution in [3.63, 3.8) is 0 Å². The van der Waals surface area contributed by atoms with Crippen LogP contribution in [0.15, 0.2) is 30.6 Å². The summed E-state index contributed by atoms with van der Waals surface area (Å²) in [4.78, 5) is 25.5. The van der Waals surface area contributed by atoms with Gasteiger partial charge in [-0.3, -0.25) is 9.69 Å². The number of benzene rings is 2. The topological polar surface area (TPSA) is 112 Å². The van der Waals surface area contributed by atoms with Gasteiger partial charge in [0, 0.05) is 48.6 Å². The molecule has 4 unspecified atom stereocenters. The van der Waals surface area contributed by atoms with Crippen LogP contribution in [0.3, 0.4) is 0 Å². The van der Waals surface area contributed by atoms with Gasteiger partial charge < -0.3 is 20.3 Å². The maximum Gasteiger partial charge on any atom is 0.417 e. The van der Waals surface area contributed by atoms with Crippen molar-refractivity contribution in [1.29, 1.82) is 5.26 Å². The van der Waals surface area contributed by atoms with Crippen LogP contribution in [0.5, 0.6) is 6.01 Å². The van der Waals surface area contributed by atoms with Gasteiger partial charge in [0.15, 0.2) is 11.6 Å². The number of nitriles is 1. The molecule has 290 valence electrons. The van der Waals surface area contributed by atoms with Gasteiger partial charge in [0.05, 0.1) is 29.0 Å². The third-order valence-corrected chi connectivity index (χ3v) is 11.1. The Bertz CT molecular complexity index is 2110. The zero-order chi connectivity index (χ0) is 39.8. The Labute approximate surface area is 311 Å². The van der Waals surface area contributed by atoms with Crippen molar-refractivity contribution in [2.24, 2.45) is 0 Å². The second-order valence-electron chi connectivity index (χ2n) is 13.0. The first-order valence-electron chi connectivity index (χ1n) is 17.4. The fourth-order valence-corrected chi connectivity index (χ4v) is 8.56. The molecule has 2 aromatic heterocycles. The number of rotatable bonds is 5. The van der Waals surface area contributed by atoms with Gasteiger partial charge in [-0.05, 0) is 56.8 Å². The number of ether oxygens (including phenoxy) is 1. The number of nitrogen functional groups attached to an aromatic ring is 1. The second-order valence-corrected chi connectivity index (χ2v) is 14.1. The van der Waals surface area contributed by atoms with Crippen LogP contribution in [-0.4, -0.2) is 83.8 Å². The summed E-state index contributed by atoms with van der Waals surface area (Å²) in [5, 5.41) is 8.93. The lowest BCUT2D eigenvalue weighted by atomic mass is 9.92. The van der Waals surface area contributed by atoms with E-state index in [-0.39, 0.29) is 44.4 Å².